The third-order valence-electron chi connectivity index (χ3n) is 4.46. The topological polar surface area (TPSA) is 47.6 Å². The predicted octanol–water partition coefficient (Wildman–Crippen LogP) is 2.37. The summed E-state index contributed by atoms with van der Waals surface area (Å²) in [7, 11) is 0. The quantitative estimate of drug-likeness (QED) is 0.787. The van der Waals surface area contributed by atoms with Gasteiger partial charge in [0.1, 0.15) is 6.10 Å². The average molecular weight is 283 g/mol. The smallest absolute Gasteiger partial charge is 0.313 e. The highest BCUT2D eigenvalue weighted by Crippen LogP contribution is 2.31. The molecule has 2 fully saturated rings. The lowest BCUT2D eigenvalue weighted by Gasteiger charge is -2.32. The highest BCUT2D eigenvalue weighted by molar-refractivity contribution is 5.74. The number of rotatable bonds is 5. The van der Waals surface area contributed by atoms with Gasteiger partial charge in [0.2, 0.25) is 0 Å². The highest BCUT2D eigenvalue weighted by Gasteiger charge is 2.37. The summed E-state index contributed by atoms with van der Waals surface area (Å²) in [4.78, 5) is 12.4. The lowest BCUT2D eigenvalue weighted by atomic mass is 9.82. The zero-order valence-electron chi connectivity index (χ0n) is 13.1. The summed E-state index contributed by atoms with van der Waals surface area (Å²) in [6.07, 6.45) is 4.44. The van der Waals surface area contributed by atoms with Gasteiger partial charge < -0.3 is 14.8 Å². The molecular formula is C16H29NO3. The third kappa shape index (κ3) is 4.19. The maximum Gasteiger partial charge on any atom is 0.313 e. The van der Waals surface area contributed by atoms with E-state index in [1.807, 2.05) is 0 Å². The number of carbonyl (C=O) groups is 1. The molecule has 1 aliphatic heterocycles. The van der Waals surface area contributed by atoms with Gasteiger partial charge >= 0.3 is 5.97 Å². The first-order valence-electron chi connectivity index (χ1n) is 8.11. The monoisotopic (exact) mass is 283 g/mol. The molecule has 4 atom stereocenters. The van der Waals surface area contributed by atoms with E-state index in [0.29, 0.717) is 25.0 Å². The predicted molar refractivity (Wildman–Crippen MR) is 78.4 cm³/mol. The van der Waals surface area contributed by atoms with Crippen LogP contribution in [0.2, 0.25) is 0 Å². The van der Waals surface area contributed by atoms with Crippen molar-refractivity contribution in [2.24, 2.45) is 17.8 Å². The summed E-state index contributed by atoms with van der Waals surface area (Å²) in [5.41, 5.74) is 0. The Morgan fingerprint density at radius 2 is 1.90 bits per heavy atom. The Kier molecular flexibility index (Phi) is 5.85. The summed E-state index contributed by atoms with van der Waals surface area (Å²) < 4.78 is 11.2. The van der Waals surface area contributed by atoms with Crippen LogP contribution < -0.4 is 5.32 Å². The maximum atomic E-state index is 12.4. The Balaban J connectivity index is 1.84. The first kappa shape index (κ1) is 15.8. The molecule has 2 aliphatic rings. The molecule has 116 valence electrons. The van der Waals surface area contributed by atoms with E-state index in [2.05, 4.69) is 26.1 Å². The van der Waals surface area contributed by atoms with Crippen LogP contribution in [0.1, 0.15) is 46.5 Å². The maximum absolute atomic E-state index is 12.4. The Bertz CT molecular complexity index is 311. The molecule has 1 saturated carbocycles. The molecule has 0 bridgehead atoms. The molecule has 1 N–H and O–H groups in total. The molecule has 0 amide bonds. The lowest BCUT2D eigenvalue weighted by Crippen LogP contribution is -2.42. The van der Waals surface area contributed by atoms with Crippen molar-refractivity contribution in [1.29, 1.82) is 0 Å². The fraction of sp³-hybridized carbons (Fsp3) is 0.938. The van der Waals surface area contributed by atoms with E-state index in [1.54, 1.807) is 0 Å². The molecule has 20 heavy (non-hydrogen) atoms. The van der Waals surface area contributed by atoms with E-state index in [-0.39, 0.29) is 24.0 Å². The zero-order chi connectivity index (χ0) is 14.5. The molecule has 4 heteroatoms. The van der Waals surface area contributed by atoms with Crippen molar-refractivity contribution in [3.05, 3.63) is 0 Å². The van der Waals surface area contributed by atoms with E-state index in [4.69, 9.17) is 9.47 Å². The van der Waals surface area contributed by atoms with E-state index >= 15 is 0 Å². The normalized spacial score (nSPS) is 37.9. The number of esters is 1. The number of carbonyl (C=O) groups excluding carboxylic acids is 1. The first-order chi connectivity index (χ1) is 9.60. The zero-order valence-corrected chi connectivity index (χ0v) is 13.1. The van der Waals surface area contributed by atoms with E-state index in [9.17, 15) is 4.79 Å². The van der Waals surface area contributed by atoms with Crippen molar-refractivity contribution >= 4 is 5.97 Å². The van der Waals surface area contributed by atoms with Crippen LogP contribution in [0.25, 0.3) is 0 Å². The number of hydrogen-bond donors (Lipinski definition) is 1. The molecule has 0 spiro atoms. The molecule has 2 rings (SSSR count). The average Bonchev–Trinajstić information content (AvgIpc) is 2.83. The molecule has 1 saturated heterocycles. The van der Waals surface area contributed by atoms with Crippen LogP contribution in [-0.4, -0.2) is 37.9 Å². The minimum atomic E-state index is -0.130. The Labute approximate surface area is 122 Å². The summed E-state index contributed by atoms with van der Waals surface area (Å²) in [5, 5.41) is 3.39. The van der Waals surface area contributed by atoms with Crippen LogP contribution in [0.4, 0.5) is 0 Å². The Hall–Kier alpha value is -0.610. The van der Waals surface area contributed by atoms with E-state index in [0.717, 1.165) is 25.8 Å². The summed E-state index contributed by atoms with van der Waals surface area (Å²) in [6.45, 7) is 8.67. The van der Waals surface area contributed by atoms with Gasteiger partial charge in [-0.3, -0.25) is 4.79 Å². The van der Waals surface area contributed by atoms with Gasteiger partial charge in [-0.15, -0.1) is 0 Å². The van der Waals surface area contributed by atoms with Gasteiger partial charge in [-0.05, 0) is 44.1 Å². The minimum absolute atomic E-state index is 0.0672. The molecule has 0 radical (unpaired) electrons. The SMILES string of the molecule is CCCNC1COCC1C(=O)OC1CC(C)CC(C)C1. The van der Waals surface area contributed by atoms with Gasteiger partial charge in [0.05, 0.1) is 19.1 Å². The van der Waals surface area contributed by atoms with Gasteiger partial charge in [-0.25, -0.2) is 0 Å². The van der Waals surface area contributed by atoms with Gasteiger partial charge in [-0.2, -0.15) is 0 Å². The van der Waals surface area contributed by atoms with Crippen molar-refractivity contribution in [2.45, 2.75) is 58.6 Å². The molecule has 4 nitrogen and oxygen atoms in total. The Morgan fingerprint density at radius 1 is 1.20 bits per heavy atom. The van der Waals surface area contributed by atoms with Crippen LogP contribution >= 0.6 is 0 Å². The standard InChI is InChI=1S/C16H29NO3/c1-4-5-17-15-10-19-9-14(15)16(18)20-13-7-11(2)6-12(3)8-13/h11-15,17H,4-10H2,1-3H3. The van der Waals surface area contributed by atoms with Gasteiger partial charge in [0.15, 0.2) is 0 Å². The van der Waals surface area contributed by atoms with Crippen molar-refractivity contribution in [2.75, 3.05) is 19.8 Å². The number of hydrogen-bond acceptors (Lipinski definition) is 4. The van der Waals surface area contributed by atoms with Crippen LogP contribution in [0.3, 0.4) is 0 Å². The fourth-order valence-corrected chi connectivity index (χ4v) is 3.54. The second kappa shape index (κ2) is 7.41. The second-order valence-corrected chi connectivity index (χ2v) is 6.68. The molecule has 1 heterocycles. The lowest BCUT2D eigenvalue weighted by molar-refractivity contribution is -0.157. The molecule has 0 aromatic rings. The van der Waals surface area contributed by atoms with Crippen LogP contribution in [0, 0.1) is 17.8 Å². The van der Waals surface area contributed by atoms with E-state index < -0.39 is 0 Å². The molecule has 4 unspecified atom stereocenters. The Morgan fingerprint density at radius 3 is 2.55 bits per heavy atom. The van der Waals surface area contributed by atoms with Crippen LogP contribution in [-0.2, 0) is 14.3 Å². The minimum Gasteiger partial charge on any atom is -0.462 e. The fourth-order valence-electron chi connectivity index (χ4n) is 3.54. The van der Waals surface area contributed by atoms with Crippen molar-refractivity contribution < 1.29 is 14.3 Å². The highest BCUT2D eigenvalue weighted by atomic mass is 16.5. The molecule has 0 aromatic heterocycles. The van der Waals surface area contributed by atoms with Crippen LogP contribution in [0.15, 0.2) is 0 Å². The van der Waals surface area contributed by atoms with Gasteiger partial charge in [0, 0.05) is 6.04 Å². The number of ether oxygens (including phenoxy) is 2. The molecule has 1 aliphatic carbocycles. The molecule has 0 aromatic carbocycles. The van der Waals surface area contributed by atoms with Crippen LogP contribution in [0.5, 0.6) is 0 Å². The van der Waals surface area contributed by atoms with Gasteiger partial charge in [-0.1, -0.05) is 20.8 Å². The van der Waals surface area contributed by atoms with Crippen molar-refractivity contribution in [3.8, 4) is 0 Å². The number of nitrogens with one attached hydrogen (secondary N) is 1. The largest absolute Gasteiger partial charge is 0.462 e. The first-order valence-corrected chi connectivity index (χ1v) is 8.11. The van der Waals surface area contributed by atoms with Gasteiger partial charge in [0.25, 0.3) is 0 Å². The van der Waals surface area contributed by atoms with Crippen molar-refractivity contribution in [1.82, 2.24) is 5.32 Å². The second-order valence-electron chi connectivity index (χ2n) is 6.68. The van der Waals surface area contributed by atoms with Crippen molar-refractivity contribution in [3.63, 3.8) is 0 Å². The third-order valence-corrected chi connectivity index (χ3v) is 4.46. The molecular weight excluding hydrogens is 254 g/mol. The summed E-state index contributed by atoms with van der Waals surface area (Å²) >= 11 is 0. The van der Waals surface area contributed by atoms with E-state index in [1.165, 1.54) is 6.42 Å². The summed E-state index contributed by atoms with van der Waals surface area (Å²) in [5.74, 6) is 1.12. The summed E-state index contributed by atoms with van der Waals surface area (Å²) in [6, 6.07) is 0.126.